The highest BCUT2D eigenvalue weighted by molar-refractivity contribution is 5.85. The first-order chi connectivity index (χ1) is 9.81. The normalized spacial score (nSPS) is 15.5. The van der Waals surface area contributed by atoms with E-state index in [1.54, 1.807) is 0 Å². The van der Waals surface area contributed by atoms with Crippen LogP contribution in [0, 0.1) is 0 Å². The molecule has 1 aliphatic heterocycles. The monoisotopic (exact) mass is 347 g/mol. The van der Waals surface area contributed by atoms with Crippen LogP contribution in [0.3, 0.4) is 0 Å². The molecule has 2 rings (SSSR count). The largest absolute Gasteiger partial charge is 0.354 e. The van der Waals surface area contributed by atoms with Gasteiger partial charge >= 0.3 is 0 Å². The zero-order valence-electron chi connectivity index (χ0n) is 12.9. The van der Waals surface area contributed by atoms with E-state index in [-0.39, 0.29) is 30.7 Å². The van der Waals surface area contributed by atoms with Crippen LogP contribution in [0.2, 0.25) is 0 Å². The lowest BCUT2D eigenvalue weighted by Crippen LogP contribution is -2.36. The Bertz CT molecular complexity index is 411. The molecule has 4 nitrogen and oxygen atoms in total. The molecule has 1 aromatic carbocycles. The lowest BCUT2D eigenvalue weighted by atomic mass is 10.1. The van der Waals surface area contributed by atoms with Crippen LogP contribution >= 0.6 is 24.8 Å². The van der Waals surface area contributed by atoms with Crippen LogP contribution in [0.5, 0.6) is 0 Å². The third kappa shape index (κ3) is 6.53. The van der Waals surface area contributed by atoms with E-state index in [1.165, 1.54) is 18.4 Å². The van der Waals surface area contributed by atoms with Crippen LogP contribution in [-0.4, -0.2) is 37.0 Å². The van der Waals surface area contributed by atoms with Gasteiger partial charge in [-0.3, -0.25) is 9.69 Å². The maximum Gasteiger partial charge on any atom is 0.220 e. The number of nitrogens with zero attached hydrogens (tertiary/aromatic N) is 1. The van der Waals surface area contributed by atoms with Crippen molar-refractivity contribution in [1.29, 1.82) is 0 Å². The van der Waals surface area contributed by atoms with Crippen LogP contribution in [0.25, 0.3) is 0 Å². The highest BCUT2D eigenvalue weighted by atomic mass is 35.5. The minimum Gasteiger partial charge on any atom is -0.354 e. The van der Waals surface area contributed by atoms with Gasteiger partial charge < -0.3 is 11.1 Å². The van der Waals surface area contributed by atoms with Crippen molar-refractivity contribution in [1.82, 2.24) is 10.2 Å². The van der Waals surface area contributed by atoms with Crippen molar-refractivity contribution >= 4 is 30.7 Å². The second kappa shape index (κ2) is 11.7. The number of carbonyl (C=O) groups excluding carboxylic acids is 1. The highest BCUT2D eigenvalue weighted by Crippen LogP contribution is 2.24. The van der Waals surface area contributed by atoms with E-state index in [2.05, 4.69) is 34.5 Å². The summed E-state index contributed by atoms with van der Waals surface area (Å²) < 4.78 is 0. The molecule has 0 aliphatic carbocycles. The molecule has 0 bridgehead atoms. The minimum absolute atomic E-state index is 0. The molecule has 0 aromatic heterocycles. The number of benzene rings is 1. The molecule has 1 atom stereocenters. The van der Waals surface area contributed by atoms with E-state index in [0.29, 0.717) is 25.6 Å². The second-order valence-corrected chi connectivity index (χ2v) is 5.37. The van der Waals surface area contributed by atoms with E-state index in [1.807, 2.05) is 6.07 Å². The van der Waals surface area contributed by atoms with Crippen LogP contribution in [0.1, 0.15) is 37.3 Å². The fourth-order valence-corrected chi connectivity index (χ4v) is 2.75. The Kier molecular flexibility index (Phi) is 11.3. The van der Waals surface area contributed by atoms with Crippen molar-refractivity contribution in [3.8, 4) is 0 Å². The van der Waals surface area contributed by atoms with E-state index in [0.717, 1.165) is 19.5 Å². The quantitative estimate of drug-likeness (QED) is 0.796. The number of nitrogens with one attached hydrogen (secondary N) is 1. The van der Waals surface area contributed by atoms with E-state index in [9.17, 15) is 4.79 Å². The Morgan fingerprint density at radius 3 is 2.41 bits per heavy atom. The van der Waals surface area contributed by atoms with Crippen LogP contribution in [0.15, 0.2) is 30.3 Å². The van der Waals surface area contributed by atoms with Crippen LogP contribution in [-0.2, 0) is 4.79 Å². The number of hydrogen-bond acceptors (Lipinski definition) is 3. The summed E-state index contributed by atoms with van der Waals surface area (Å²) in [6, 6.07) is 10.7. The lowest BCUT2D eigenvalue weighted by molar-refractivity contribution is -0.121. The van der Waals surface area contributed by atoms with Crippen LogP contribution in [0.4, 0.5) is 0 Å². The topological polar surface area (TPSA) is 58.4 Å². The van der Waals surface area contributed by atoms with Crippen molar-refractivity contribution in [2.45, 2.75) is 31.7 Å². The van der Waals surface area contributed by atoms with Gasteiger partial charge in [0.05, 0.1) is 6.04 Å². The maximum absolute atomic E-state index is 11.8. The first-order valence-electron chi connectivity index (χ1n) is 7.57. The third-order valence-corrected chi connectivity index (χ3v) is 3.87. The zero-order valence-corrected chi connectivity index (χ0v) is 14.5. The van der Waals surface area contributed by atoms with Gasteiger partial charge in [-0.25, -0.2) is 0 Å². The molecule has 1 heterocycles. The van der Waals surface area contributed by atoms with E-state index in [4.69, 9.17) is 5.73 Å². The van der Waals surface area contributed by atoms with Crippen molar-refractivity contribution < 1.29 is 4.79 Å². The van der Waals surface area contributed by atoms with Gasteiger partial charge in [-0.2, -0.15) is 0 Å². The van der Waals surface area contributed by atoms with Gasteiger partial charge in [0.2, 0.25) is 5.91 Å². The smallest absolute Gasteiger partial charge is 0.220 e. The molecule has 1 amide bonds. The van der Waals surface area contributed by atoms with Gasteiger partial charge in [0.15, 0.2) is 0 Å². The predicted octanol–water partition coefficient (Wildman–Crippen LogP) is 2.52. The standard InChI is InChI=1S/C16H25N3O.2ClH/c17-10-6-9-16(20)18-13-15(19-11-4-5-12-19)14-7-2-1-3-8-14;;/h1-3,7-8,15H,4-6,9-13,17H2,(H,18,20);2*1H. The number of hydrogen-bond donors (Lipinski definition) is 2. The molecule has 0 saturated carbocycles. The van der Waals surface area contributed by atoms with E-state index >= 15 is 0 Å². The summed E-state index contributed by atoms with van der Waals surface area (Å²) in [4.78, 5) is 14.2. The van der Waals surface area contributed by atoms with Gasteiger partial charge in [0.25, 0.3) is 0 Å². The van der Waals surface area contributed by atoms with Gasteiger partial charge in [0, 0.05) is 13.0 Å². The van der Waals surface area contributed by atoms with Crippen molar-refractivity contribution in [2.24, 2.45) is 5.73 Å². The van der Waals surface area contributed by atoms with Gasteiger partial charge in [-0.1, -0.05) is 30.3 Å². The summed E-state index contributed by atoms with van der Waals surface area (Å²) in [6.07, 6.45) is 3.79. The Morgan fingerprint density at radius 1 is 1.18 bits per heavy atom. The predicted molar refractivity (Wildman–Crippen MR) is 95.8 cm³/mol. The average molecular weight is 348 g/mol. The average Bonchev–Trinajstić information content (AvgIpc) is 3.00. The SMILES string of the molecule is Cl.Cl.NCCCC(=O)NCC(c1ccccc1)N1CCCC1. The van der Waals surface area contributed by atoms with Crippen LogP contribution < -0.4 is 11.1 Å². The molecule has 3 N–H and O–H groups in total. The van der Waals surface area contributed by atoms with Gasteiger partial charge in [-0.15, -0.1) is 24.8 Å². The molecule has 6 heteroatoms. The Morgan fingerprint density at radius 2 is 1.82 bits per heavy atom. The van der Waals surface area contributed by atoms with Crippen molar-refractivity contribution in [2.75, 3.05) is 26.2 Å². The number of likely N-dealkylation sites (tertiary alicyclic amines) is 1. The molecule has 0 radical (unpaired) electrons. The molecule has 0 spiro atoms. The number of nitrogens with two attached hydrogens (primary N) is 1. The maximum atomic E-state index is 11.8. The molecular formula is C16H27Cl2N3O. The Balaban J connectivity index is 0.00000220. The second-order valence-electron chi connectivity index (χ2n) is 5.37. The Hall–Kier alpha value is -0.810. The lowest BCUT2D eigenvalue weighted by Gasteiger charge is -2.28. The highest BCUT2D eigenvalue weighted by Gasteiger charge is 2.23. The summed E-state index contributed by atoms with van der Waals surface area (Å²) in [7, 11) is 0. The summed E-state index contributed by atoms with van der Waals surface area (Å²) in [5.41, 5.74) is 6.72. The number of halogens is 2. The Labute approximate surface area is 145 Å². The van der Waals surface area contributed by atoms with Crippen molar-refractivity contribution in [3.63, 3.8) is 0 Å². The molecule has 126 valence electrons. The molecular weight excluding hydrogens is 321 g/mol. The molecule has 1 aliphatic rings. The molecule has 1 saturated heterocycles. The third-order valence-electron chi connectivity index (χ3n) is 3.87. The summed E-state index contributed by atoms with van der Waals surface area (Å²) >= 11 is 0. The molecule has 1 fully saturated rings. The summed E-state index contributed by atoms with van der Waals surface area (Å²) in [6.45, 7) is 3.51. The van der Waals surface area contributed by atoms with Crippen molar-refractivity contribution in [3.05, 3.63) is 35.9 Å². The zero-order chi connectivity index (χ0) is 14.2. The molecule has 22 heavy (non-hydrogen) atoms. The summed E-state index contributed by atoms with van der Waals surface area (Å²) in [5, 5.41) is 3.06. The minimum atomic E-state index is 0. The first-order valence-corrected chi connectivity index (χ1v) is 7.57. The fourth-order valence-electron chi connectivity index (χ4n) is 2.75. The van der Waals surface area contributed by atoms with Gasteiger partial charge in [0.1, 0.15) is 0 Å². The summed E-state index contributed by atoms with van der Waals surface area (Å²) in [5.74, 6) is 0.107. The van der Waals surface area contributed by atoms with E-state index < -0.39 is 0 Å². The number of carbonyl (C=O) groups is 1. The number of amides is 1. The number of rotatable bonds is 7. The fraction of sp³-hybridized carbons (Fsp3) is 0.562. The first kappa shape index (κ1) is 21.2. The molecule has 1 unspecified atom stereocenters. The molecule has 1 aromatic rings. The van der Waals surface area contributed by atoms with Gasteiger partial charge in [-0.05, 0) is 44.5 Å².